The highest BCUT2D eigenvalue weighted by atomic mass is 15.0. The Morgan fingerprint density at radius 2 is 2.06 bits per heavy atom. The summed E-state index contributed by atoms with van der Waals surface area (Å²) < 4.78 is 0. The van der Waals surface area contributed by atoms with Crippen LogP contribution in [0.2, 0.25) is 0 Å². The number of para-hydroxylation sites is 1. The fourth-order valence-corrected chi connectivity index (χ4v) is 1.66. The van der Waals surface area contributed by atoms with Crippen LogP contribution in [0, 0.1) is 6.92 Å². The molecule has 3 heteroatoms. The maximum atomic E-state index is 4.60. The first-order valence-electron chi connectivity index (χ1n) is 5.65. The molecular formula is C13H19N3. The van der Waals surface area contributed by atoms with Gasteiger partial charge in [0, 0.05) is 5.54 Å². The van der Waals surface area contributed by atoms with Crippen LogP contribution < -0.4 is 5.32 Å². The lowest BCUT2D eigenvalue weighted by Gasteiger charge is -2.19. The van der Waals surface area contributed by atoms with Gasteiger partial charge in [-0.25, -0.2) is 4.98 Å². The molecule has 1 aromatic carbocycles. The minimum Gasteiger partial charge on any atom is -0.341 e. The fourth-order valence-electron chi connectivity index (χ4n) is 1.66. The first kappa shape index (κ1) is 11.1. The van der Waals surface area contributed by atoms with Crippen molar-refractivity contribution >= 4 is 11.0 Å². The van der Waals surface area contributed by atoms with Crippen molar-refractivity contribution in [1.82, 2.24) is 15.3 Å². The number of benzene rings is 1. The molecule has 0 bridgehead atoms. The van der Waals surface area contributed by atoms with Crippen molar-refractivity contribution in [3.8, 4) is 0 Å². The van der Waals surface area contributed by atoms with Crippen molar-refractivity contribution < 1.29 is 0 Å². The quantitative estimate of drug-likeness (QED) is 0.812. The van der Waals surface area contributed by atoms with Crippen molar-refractivity contribution in [2.75, 3.05) is 0 Å². The van der Waals surface area contributed by atoms with Crippen LogP contribution in [0.1, 0.15) is 32.2 Å². The molecule has 1 aromatic heterocycles. The molecule has 0 atom stereocenters. The molecule has 0 saturated carbocycles. The largest absolute Gasteiger partial charge is 0.341 e. The van der Waals surface area contributed by atoms with Crippen LogP contribution in [-0.2, 0) is 6.54 Å². The van der Waals surface area contributed by atoms with E-state index in [1.54, 1.807) is 0 Å². The number of hydrogen-bond donors (Lipinski definition) is 2. The van der Waals surface area contributed by atoms with Crippen molar-refractivity contribution in [2.45, 2.75) is 39.8 Å². The van der Waals surface area contributed by atoms with Crippen LogP contribution in [0.3, 0.4) is 0 Å². The lowest BCUT2D eigenvalue weighted by atomic mass is 10.1. The molecule has 0 unspecified atom stereocenters. The Morgan fingerprint density at radius 1 is 1.31 bits per heavy atom. The van der Waals surface area contributed by atoms with Gasteiger partial charge < -0.3 is 10.3 Å². The van der Waals surface area contributed by atoms with Gasteiger partial charge >= 0.3 is 0 Å². The van der Waals surface area contributed by atoms with E-state index >= 15 is 0 Å². The van der Waals surface area contributed by atoms with Gasteiger partial charge in [0.05, 0.1) is 17.6 Å². The normalized spacial score (nSPS) is 12.2. The topological polar surface area (TPSA) is 40.7 Å². The van der Waals surface area contributed by atoms with Crippen molar-refractivity contribution in [3.63, 3.8) is 0 Å². The summed E-state index contributed by atoms with van der Waals surface area (Å²) in [7, 11) is 0. The third kappa shape index (κ3) is 2.42. The smallest absolute Gasteiger partial charge is 0.121 e. The van der Waals surface area contributed by atoms with E-state index in [1.165, 1.54) is 5.56 Å². The molecule has 0 saturated heterocycles. The predicted molar refractivity (Wildman–Crippen MR) is 67.4 cm³/mol. The Labute approximate surface area is 96.3 Å². The van der Waals surface area contributed by atoms with Gasteiger partial charge in [-0.3, -0.25) is 0 Å². The maximum Gasteiger partial charge on any atom is 0.121 e. The molecule has 16 heavy (non-hydrogen) atoms. The van der Waals surface area contributed by atoms with Gasteiger partial charge in [0.2, 0.25) is 0 Å². The first-order valence-corrected chi connectivity index (χ1v) is 5.65. The number of hydrogen-bond acceptors (Lipinski definition) is 2. The zero-order chi connectivity index (χ0) is 11.8. The van der Waals surface area contributed by atoms with Gasteiger partial charge in [-0.15, -0.1) is 0 Å². The first-order chi connectivity index (χ1) is 7.46. The molecule has 2 rings (SSSR count). The van der Waals surface area contributed by atoms with Crippen LogP contribution >= 0.6 is 0 Å². The highest BCUT2D eigenvalue weighted by Gasteiger charge is 2.10. The zero-order valence-electron chi connectivity index (χ0n) is 10.4. The van der Waals surface area contributed by atoms with E-state index in [0.717, 1.165) is 23.4 Å². The van der Waals surface area contributed by atoms with Crippen molar-refractivity contribution in [3.05, 3.63) is 29.6 Å². The van der Waals surface area contributed by atoms with Gasteiger partial charge in [-0.1, -0.05) is 12.1 Å². The predicted octanol–water partition coefficient (Wildman–Crippen LogP) is 2.76. The van der Waals surface area contributed by atoms with Gasteiger partial charge in [-0.05, 0) is 39.3 Å². The Hall–Kier alpha value is -1.35. The number of nitrogens with one attached hydrogen (secondary N) is 2. The minimum absolute atomic E-state index is 0.119. The highest BCUT2D eigenvalue weighted by molar-refractivity contribution is 5.78. The summed E-state index contributed by atoms with van der Waals surface area (Å²) in [5.74, 6) is 0.999. The van der Waals surface area contributed by atoms with Crippen molar-refractivity contribution in [2.24, 2.45) is 0 Å². The third-order valence-corrected chi connectivity index (χ3v) is 2.55. The minimum atomic E-state index is 0.119. The summed E-state index contributed by atoms with van der Waals surface area (Å²) >= 11 is 0. The number of H-pyrrole nitrogens is 1. The number of nitrogens with zero attached hydrogens (tertiary/aromatic N) is 1. The molecule has 2 aromatic rings. The molecule has 0 spiro atoms. The van der Waals surface area contributed by atoms with Gasteiger partial charge in [-0.2, -0.15) is 0 Å². The molecule has 1 heterocycles. The maximum absolute atomic E-state index is 4.60. The van der Waals surface area contributed by atoms with E-state index in [9.17, 15) is 0 Å². The molecule has 0 aliphatic rings. The molecule has 86 valence electrons. The second-order valence-electron chi connectivity index (χ2n) is 5.26. The molecule has 0 fully saturated rings. The second kappa shape index (κ2) is 3.91. The average molecular weight is 217 g/mol. The fraction of sp³-hybridized carbons (Fsp3) is 0.462. The van der Waals surface area contributed by atoms with E-state index in [2.05, 4.69) is 61.2 Å². The van der Waals surface area contributed by atoms with E-state index in [1.807, 2.05) is 0 Å². The van der Waals surface area contributed by atoms with Crippen molar-refractivity contribution in [1.29, 1.82) is 0 Å². The summed E-state index contributed by atoms with van der Waals surface area (Å²) in [4.78, 5) is 7.93. The SMILES string of the molecule is Cc1cccc2[nH]c(CNC(C)(C)C)nc12. The lowest BCUT2D eigenvalue weighted by Crippen LogP contribution is -2.35. The van der Waals surface area contributed by atoms with Gasteiger partial charge in [0.15, 0.2) is 0 Å². The van der Waals surface area contributed by atoms with E-state index in [0.29, 0.717) is 0 Å². The van der Waals surface area contributed by atoms with E-state index in [-0.39, 0.29) is 5.54 Å². The molecule has 0 amide bonds. The second-order valence-corrected chi connectivity index (χ2v) is 5.26. The van der Waals surface area contributed by atoms with Gasteiger partial charge in [0.25, 0.3) is 0 Å². The van der Waals surface area contributed by atoms with Gasteiger partial charge in [0.1, 0.15) is 5.82 Å². The molecule has 2 N–H and O–H groups in total. The number of rotatable bonds is 2. The highest BCUT2D eigenvalue weighted by Crippen LogP contribution is 2.15. The number of imidazole rings is 1. The summed E-state index contributed by atoms with van der Waals surface area (Å²) in [6, 6.07) is 6.21. The van der Waals surface area contributed by atoms with Crippen LogP contribution in [0.15, 0.2) is 18.2 Å². The molecular weight excluding hydrogens is 198 g/mol. The molecule has 0 radical (unpaired) electrons. The summed E-state index contributed by atoms with van der Waals surface area (Å²) in [5, 5.41) is 3.42. The Balaban J connectivity index is 2.24. The van der Waals surface area contributed by atoms with E-state index in [4.69, 9.17) is 0 Å². The van der Waals surface area contributed by atoms with E-state index < -0.39 is 0 Å². The number of aryl methyl sites for hydroxylation is 1. The molecule has 0 aliphatic heterocycles. The number of aromatic nitrogens is 2. The van der Waals surface area contributed by atoms with Crippen LogP contribution in [-0.4, -0.2) is 15.5 Å². The summed E-state index contributed by atoms with van der Waals surface area (Å²) in [5.41, 5.74) is 3.53. The Kier molecular flexibility index (Phi) is 2.72. The molecule has 0 aliphatic carbocycles. The van der Waals surface area contributed by atoms with Crippen LogP contribution in [0.25, 0.3) is 11.0 Å². The van der Waals surface area contributed by atoms with Crippen LogP contribution in [0.4, 0.5) is 0 Å². The zero-order valence-corrected chi connectivity index (χ0v) is 10.4. The number of fused-ring (bicyclic) bond motifs is 1. The number of aromatic amines is 1. The molecule has 3 nitrogen and oxygen atoms in total. The lowest BCUT2D eigenvalue weighted by molar-refractivity contribution is 0.419. The average Bonchev–Trinajstić information content (AvgIpc) is 2.58. The Morgan fingerprint density at radius 3 is 2.69 bits per heavy atom. The standard InChI is InChI=1S/C13H19N3/c1-9-6-5-7-10-12(9)16-11(15-10)8-14-13(2,3)4/h5-7,14H,8H2,1-4H3,(H,15,16). The van der Waals surface area contributed by atoms with Crippen LogP contribution in [0.5, 0.6) is 0 Å². The Bertz CT molecular complexity index is 491. The third-order valence-electron chi connectivity index (χ3n) is 2.55. The summed E-state index contributed by atoms with van der Waals surface area (Å²) in [6.07, 6.45) is 0. The monoisotopic (exact) mass is 217 g/mol. The summed E-state index contributed by atoms with van der Waals surface area (Å²) in [6.45, 7) is 9.32.